The first-order valence-corrected chi connectivity index (χ1v) is 7.91. The minimum Gasteiger partial charge on any atom is -0.496 e. The lowest BCUT2D eigenvalue weighted by atomic mass is 10.0. The van der Waals surface area contributed by atoms with Crippen LogP contribution in [0.1, 0.15) is 36.6 Å². The average molecular weight is 316 g/mol. The Morgan fingerprint density at radius 2 is 2.09 bits per heavy atom. The number of benzene rings is 1. The summed E-state index contributed by atoms with van der Waals surface area (Å²) in [5.74, 6) is 2.50. The van der Waals surface area contributed by atoms with E-state index in [1.54, 1.807) is 14.2 Å². The molecular formula is C17H20N2O4. The predicted molar refractivity (Wildman–Crippen MR) is 82.4 cm³/mol. The van der Waals surface area contributed by atoms with Gasteiger partial charge in [0.25, 0.3) is 5.89 Å². The molecule has 1 saturated carbocycles. The molecule has 0 radical (unpaired) electrons. The van der Waals surface area contributed by atoms with Crippen molar-refractivity contribution < 1.29 is 18.6 Å². The van der Waals surface area contributed by atoms with Gasteiger partial charge in [0.1, 0.15) is 5.75 Å². The van der Waals surface area contributed by atoms with Crippen molar-refractivity contribution in [3.05, 3.63) is 29.7 Å². The van der Waals surface area contributed by atoms with E-state index in [1.165, 1.54) is 18.4 Å². The molecule has 4 rings (SSSR count). The van der Waals surface area contributed by atoms with Crippen LogP contribution in [0.15, 0.2) is 22.6 Å². The van der Waals surface area contributed by atoms with Crippen LogP contribution in [0.3, 0.4) is 0 Å². The molecule has 1 aromatic carbocycles. The topological polar surface area (TPSA) is 66.6 Å². The van der Waals surface area contributed by atoms with E-state index >= 15 is 0 Å². The van der Waals surface area contributed by atoms with Gasteiger partial charge < -0.3 is 18.6 Å². The van der Waals surface area contributed by atoms with E-state index in [0.717, 1.165) is 17.7 Å². The molecule has 1 aliphatic heterocycles. The van der Waals surface area contributed by atoms with Crippen molar-refractivity contribution >= 4 is 0 Å². The molecule has 1 aliphatic carbocycles. The van der Waals surface area contributed by atoms with Gasteiger partial charge in [0.2, 0.25) is 5.89 Å². The molecule has 23 heavy (non-hydrogen) atoms. The number of aromatic nitrogens is 2. The average Bonchev–Trinajstić information content (AvgIpc) is 3.12. The van der Waals surface area contributed by atoms with Crippen molar-refractivity contribution in [1.82, 2.24) is 10.2 Å². The Balaban J connectivity index is 1.68. The number of nitrogens with zero attached hydrogens (tertiary/aromatic N) is 2. The van der Waals surface area contributed by atoms with Gasteiger partial charge in [-0.15, -0.1) is 10.2 Å². The summed E-state index contributed by atoms with van der Waals surface area (Å²) in [6.07, 6.45) is 3.14. The first kappa shape index (κ1) is 14.7. The van der Waals surface area contributed by atoms with Gasteiger partial charge in [-0.25, -0.2) is 0 Å². The highest BCUT2D eigenvalue weighted by atomic mass is 16.6. The van der Waals surface area contributed by atoms with Gasteiger partial charge >= 0.3 is 0 Å². The minimum absolute atomic E-state index is 0.446. The second-order valence-electron chi connectivity index (χ2n) is 6.14. The quantitative estimate of drug-likeness (QED) is 0.845. The SMILES string of the molecule is COc1ccc(-c2nnc(C3(OC)CCOC3)o2)cc1C1CC1. The monoisotopic (exact) mass is 316 g/mol. The summed E-state index contributed by atoms with van der Waals surface area (Å²) in [5, 5.41) is 8.40. The summed E-state index contributed by atoms with van der Waals surface area (Å²) < 4.78 is 22.4. The number of hydrogen-bond acceptors (Lipinski definition) is 6. The van der Waals surface area contributed by atoms with E-state index in [1.807, 2.05) is 12.1 Å². The van der Waals surface area contributed by atoms with Gasteiger partial charge in [-0.05, 0) is 42.5 Å². The standard InChI is InChI=1S/C17H20N2O4/c1-20-14-6-5-12(9-13(14)11-3-4-11)15-18-19-16(23-15)17(21-2)7-8-22-10-17/h5-6,9,11H,3-4,7-8,10H2,1-2H3. The Morgan fingerprint density at radius 1 is 1.22 bits per heavy atom. The van der Waals surface area contributed by atoms with Gasteiger partial charge in [-0.1, -0.05) is 0 Å². The highest BCUT2D eigenvalue weighted by molar-refractivity contribution is 5.58. The maximum absolute atomic E-state index is 5.91. The molecule has 0 spiro atoms. The van der Waals surface area contributed by atoms with Crippen molar-refractivity contribution in [2.24, 2.45) is 0 Å². The van der Waals surface area contributed by atoms with Crippen LogP contribution in [0.2, 0.25) is 0 Å². The van der Waals surface area contributed by atoms with E-state index in [4.69, 9.17) is 18.6 Å². The maximum Gasteiger partial charge on any atom is 0.251 e. The fourth-order valence-electron chi connectivity index (χ4n) is 3.07. The molecule has 122 valence electrons. The van der Waals surface area contributed by atoms with Crippen molar-refractivity contribution in [1.29, 1.82) is 0 Å². The minimum atomic E-state index is -0.614. The van der Waals surface area contributed by atoms with Gasteiger partial charge in [0.05, 0.1) is 20.3 Å². The number of hydrogen-bond donors (Lipinski definition) is 0. The molecular weight excluding hydrogens is 296 g/mol. The molecule has 6 nitrogen and oxygen atoms in total. The maximum atomic E-state index is 5.91. The van der Waals surface area contributed by atoms with Gasteiger partial charge in [0.15, 0.2) is 5.60 Å². The summed E-state index contributed by atoms with van der Waals surface area (Å²) in [6.45, 7) is 1.08. The van der Waals surface area contributed by atoms with Crippen molar-refractivity contribution in [3.63, 3.8) is 0 Å². The van der Waals surface area contributed by atoms with Gasteiger partial charge in [-0.3, -0.25) is 0 Å². The second kappa shape index (κ2) is 5.62. The van der Waals surface area contributed by atoms with E-state index in [-0.39, 0.29) is 0 Å². The fraction of sp³-hybridized carbons (Fsp3) is 0.529. The van der Waals surface area contributed by atoms with Crippen molar-refractivity contribution in [2.75, 3.05) is 27.4 Å². The number of methoxy groups -OCH3 is 2. The van der Waals surface area contributed by atoms with Gasteiger partial charge in [0, 0.05) is 19.1 Å². The van der Waals surface area contributed by atoms with Crippen LogP contribution in [0.25, 0.3) is 11.5 Å². The van der Waals surface area contributed by atoms with Crippen LogP contribution in [0, 0.1) is 0 Å². The van der Waals surface area contributed by atoms with Crippen LogP contribution in [0.5, 0.6) is 5.75 Å². The molecule has 0 bridgehead atoms. The smallest absolute Gasteiger partial charge is 0.251 e. The van der Waals surface area contributed by atoms with Crippen LogP contribution in [-0.4, -0.2) is 37.6 Å². The molecule has 1 saturated heterocycles. The van der Waals surface area contributed by atoms with E-state index in [9.17, 15) is 0 Å². The Hall–Kier alpha value is -1.92. The Bertz CT molecular complexity index is 702. The predicted octanol–water partition coefficient (Wildman–Crippen LogP) is 2.88. The van der Waals surface area contributed by atoms with E-state index < -0.39 is 5.60 Å². The van der Waals surface area contributed by atoms with Crippen molar-refractivity contribution in [2.45, 2.75) is 30.8 Å². The Kier molecular flexibility index (Phi) is 3.58. The normalized spacial score (nSPS) is 24.1. The zero-order valence-corrected chi connectivity index (χ0v) is 13.4. The molecule has 1 atom stereocenters. The summed E-state index contributed by atoms with van der Waals surface area (Å²) in [4.78, 5) is 0. The molecule has 2 aliphatic rings. The molecule has 2 heterocycles. The zero-order valence-electron chi connectivity index (χ0n) is 13.4. The number of rotatable bonds is 5. The third-order valence-corrected chi connectivity index (χ3v) is 4.68. The third-order valence-electron chi connectivity index (χ3n) is 4.68. The summed E-state index contributed by atoms with van der Waals surface area (Å²) in [5.41, 5.74) is 1.52. The Morgan fingerprint density at radius 3 is 2.74 bits per heavy atom. The first-order chi connectivity index (χ1) is 11.3. The van der Waals surface area contributed by atoms with Crippen LogP contribution in [0.4, 0.5) is 0 Å². The van der Waals surface area contributed by atoms with Crippen LogP contribution < -0.4 is 4.74 Å². The van der Waals surface area contributed by atoms with Gasteiger partial charge in [-0.2, -0.15) is 0 Å². The molecule has 1 unspecified atom stereocenters. The molecule has 2 fully saturated rings. The lowest BCUT2D eigenvalue weighted by Gasteiger charge is -2.20. The summed E-state index contributed by atoms with van der Waals surface area (Å²) in [6, 6.07) is 6.02. The third kappa shape index (κ3) is 2.52. The summed E-state index contributed by atoms with van der Waals surface area (Å²) >= 11 is 0. The lowest BCUT2D eigenvalue weighted by Crippen LogP contribution is -2.29. The second-order valence-corrected chi connectivity index (χ2v) is 6.14. The molecule has 6 heteroatoms. The van der Waals surface area contributed by atoms with E-state index in [2.05, 4.69) is 16.3 Å². The van der Waals surface area contributed by atoms with Crippen LogP contribution in [-0.2, 0) is 15.1 Å². The highest BCUT2D eigenvalue weighted by Gasteiger charge is 2.42. The molecule has 2 aromatic rings. The lowest BCUT2D eigenvalue weighted by molar-refractivity contribution is -0.0407. The number of ether oxygens (including phenoxy) is 3. The first-order valence-electron chi connectivity index (χ1n) is 7.91. The highest BCUT2D eigenvalue weighted by Crippen LogP contribution is 2.45. The van der Waals surface area contributed by atoms with Crippen LogP contribution >= 0.6 is 0 Å². The molecule has 0 amide bonds. The zero-order chi connectivity index (χ0) is 15.9. The fourth-order valence-corrected chi connectivity index (χ4v) is 3.07. The summed E-state index contributed by atoms with van der Waals surface area (Å²) in [7, 11) is 3.35. The van der Waals surface area contributed by atoms with Crippen molar-refractivity contribution in [3.8, 4) is 17.2 Å². The molecule has 1 aromatic heterocycles. The largest absolute Gasteiger partial charge is 0.496 e. The Labute approximate surface area is 134 Å². The van der Waals surface area contributed by atoms with E-state index in [0.29, 0.717) is 30.9 Å². The molecule has 0 N–H and O–H groups in total.